The van der Waals surface area contributed by atoms with Crippen LogP contribution in [-0.2, 0) is 19.1 Å². The van der Waals surface area contributed by atoms with Crippen molar-refractivity contribution in [2.45, 2.75) is 13.0 Å². The SMILES string of the molecule is CCOC(=O)C1=C(c2ccccc2)N=c2s/c(=C/c3ccc(OCC(=O)N4CCOCC4)c(OC)c3)c(=O)n2[C@H]1c1ccc(OC)c(OC)c1. The van der Waals surface area contributed by atoms with E-state index < -0.39 is 12.0 Å². The molecule has 1 saturated heterocycles. The number of hydrogen-bond donors (Lipinski definition) is 0. The van der Waals surface area contributed by atoms with Crippen molar-refractivity contribution in [1.82, 2.24) is 9.47 Å². The fourth-order valence-electron chi connectivity index (χ4n) is 5.87. The number of hydrogen-bond acceptors (Lipinski definition) is 11. The fraction of sp³-hybridized carbons (Fsp3) is 0.297. The molecule has 0 saturated carbocycles. The van der Waals surface area contributed by atoms with Gasteiger partial charge >= 0.3 is 5.97 Å². The number of thiazole rings is 1. The maximum atomic E-state index is 14.3. The number of carbonyl (C=O) groups excluding carboxylic acids is 2. The largest absolute Gasteiger partial charge is 0.493 e. The smallest absolute Gasteiger partial charge is 0.338 e. The van der Waals surface area contributed by atoms with E-state index >= 15 is 0 Å². The average molecular weight is 700 g/mol. The van der Waals surface area contributed by atoms with Crippen LogP contribution in [0.15, 0.2) is 82.1 Å². The summed E-state index contributed by atoms with van der Waals surface area (Å²) in [4.78, 5) is 47.8. The third-order valence-electron chi connectivity index (χ3n) is 8.30. The topological polar surface area (TPSA) is 127 Å². The van der Waals surface area contributed by atoms with Gasteiger partial charge in [0, 0.05) is 18.7 Å². The lowest BCUT2D eigenvalue weighted by Crippen LogP contribution is -2.43. The molecule has 0 radical (unpaired) electrons. The summed E-state index contributed by atoms with van der Waals surface area (Å²) in [5.41, 5.74) is 2.25. The highest BCUT2D eigenvalue weighted by Gasteiger charge is 2.35. The molecule has 6 rings (SSSR count). The molecule has 1 amide bonds. The summed E-state index contributed by atoms with van der Waals surface area (Å²) in [5.74, 6) is 1.02. The van der Waals surface area contributed by atoms with E-state index in [1.165, 1.54) is 37.2 Å². The number of fused-ring (bicyclic) bond motifs is 1. The van der Waals surface area contributed by atoms with Crippen LogP contribution < -0.4 is 33.8 Å². The Morgan fingerprint density at radius 2 is 1.62 bits per heavy atom. The van der Waals surface area contributed by atoms with E-state index in [0.717, 1.165) is 0 Å². The maximum Gasteiger partial charge on any atom is 0.338 e. The van der Waals surface area contributed by atoms with E-state index in [4.69, 9.17) is 33.4 Å². The van der Waals surface area contributed by atoms with Gasteiger partial charge in [0.25, 0.3) is 11.5 Å². The van der Waals surface area contributed by atoms with E-state index in [2.05, 4.69) is 0 Å². The summed E-state index contributed by atoms with van der Waals surface area (Å²) in [7, 11) is 4.57. The number of benzene rings is 3. The number of methoxy groups -OCH3 is 3. The Bertz CT molecular complexity index is 2100. The minimum absolute atomic E-state index is 0.135. The highest BCUT2D eigenvalue weighted by Crippen LogP contribution is 2.38. The van der Waals surface area contributed by atoms with Crippen LogP contribution in [0.2, 0.25) is 0 Å². The van der Waals surface area contributed by atoms with E-state index in [9.17, 15) is 14.4 Å². The van der Waals surface area contributed by atoms with Gasteiger partial charge in [0.05, 0.1) is 63.0 Å². The first-order chi connectivity index (χ1) is 24.4. The molecular weight excluding hydrogens is 662 g/mol. The Kier molecular flexibility index (Phi) is 10.6. The van der Waals surface area contributed by atoms with Crippen LogP contribution in [0.3, 0.4) is 0 Å². The second-order valence-corrected chi connectivity index (χ2v) is 12.2. The van der Waals surface area contributed by atoms with Crippen LogP contribution in [0, 0.1) is 0 Å². The second kappa shape index (κ2) is 15.4. The lowest BCUT2D eigenvalue weighted by Gasteiger charge is -2.26. The van der Waals surface area contributed by atoms with E-state index in [1.807, 2.05) is 30.3 Å². The number of nitrogens with zero attached hydrogens (tertiary/aromatic N) is 3. The molecule has 0 N–H and O–H groups in total. The van der Waals surface area contributed by atoms with Gasteiger partial charge in [0.1, 0.15) is 0 Å². The predicted molar refractivity (Wildman–Crippen MR) is 186 cm³/mol. The van der Waals surface area contributed by atoms with Gasteiger partial charge < -0.3 is 33.3 Å². The third-order valence-corrected chi connectivity index (χ3v) is 9.28. The summed E-state index contributed by atoms with van der Waals surface area (Å²) in [6, 6.07) is 18.9. The Morgan fingerprint density at radius 3 is 2.32 bits per heavy atom. The highest BCUT2D eigenvalue weighted by molar-refractivity contribution is 7.07. The zero-order valence-corrected chi connectivity index (χ0v) is 29.0. The number of ether oxygens (including phenoxy) is 6. The molecule has 0 bridgehead atoms. The standard InChI is InChI=1S/C37H37N3O9S/c1-5-48-36(43)32-33(24-9-7-6-8-10-24)38-37-40(34(32)25-12-14-26(44-2)29(21-25)46-4)35(42)30(50-37)20-23-11-13-27(28(19-23)45-3)49-22-31(41)39-15-17-47-18-16-39/h6-14,19-21,34H,5,15-18,22H2,1-4H3/b30-20+/t34-/m0/s1. The molecule has 4 aromatic rings. The molecule has 13 heteroatoms. The summed E-state index contributed by atoms with van der Waals surface area (Å²) >= 11 is 1.20. The van der Waals surface area contributed by atoms with Crippen LogP contribution in [0.25, 0.3) is 11.8 Å². The molecule has 2 aliphatic heterocycles. The molecule has 50 heavy (non-hydrogen) atoms. The van der Waals surface area contributed by atoms with Crippen molar-refractivity contribution < 1.29 is 38.0 Å². The number of morpholine rings is 1. The predicted octanol–water partition coefficient (Wildman–Crippen LogP) is 3.20. The van der Waals surface area contributed by atoms with Gasteiger partial charge in [-0.1, -0.05) is 53.8 Å². The number of amides is 1. The first kappa shape index (κ1) is 34.5. The number of rotatable bonds is 11. The van der Waals surface area contributed by atoms with Crippen molar-refractivity contribution in [2.75, 3.05) is 60.8 Å². The third kappa shape index (κ3) is 7.00. The van der Waals surface area contributed by atoms with Crippen LogP contribution >= 0.6 is 11.3 Å². The first-order valence-corrected chi connectivity index (χ1v) is 16.8. The van der Waals surface area contributed by atoms with E-state index in [0.29, 0.717) is 81.0 Å². The van der Waals surface area contributed by atoms with Crippen molar-refractivity contribution in [3.05, 3.63) is 109 Å². The Labute approximate surface area is 292 Å². The zero-order chi connectivity index (χ0) is 35.2. The average Bonchev–Trinajstić information content (AvgIpc) is 3.47. The van der Waals surface area contributed by atoms with Gasteiger partial charge in [0.15, 0.2) is 34.4 Å². The Balaban J connectivity index is 1.45. The molecule has 0 spiro atoms. The molecule has 260 valence electrons. The summed E-state index contributed by atoms with van der Waals surface area (Å²) in [6.45, 7) is 3.78. The maximum absolute atomic E-state index is 14.3. The molecule has 2 aliphatic rings. The molecule has 1 fully saturated rings. The van der Waals surface area contributed by atoms with Gasteiger partial charge in [-0.3, -0.25) is 14.2 Å². The molecule has 1 aromatic heterocycles. The van der Waals surface area contributed by atoms with Gasteiger partial charge in [-0.25, -0.2) is 9.79 Å². The van der Waals surface area contributed by atoms with Crippen LogP contribution in [0.5, 0.6) is 23.0 Å². The van der Waals surface area contributed by atoms with Crippen molar-refractivity contribution in [2.24, 2.45) is 4.99 Å². The molecule has 3 heterocycles. The first-order valence-electron chi connectivity index (χ1n) is 16.0. The molecular formula is C37H37N3O9S. The minimum atomic E-state index is -0.892. The molecule has 3 aromatic carbocycles. The quantitative estimate of drug-likeness (QED) is 0.217. The van der Waals surface area contributed by atoms with Crippen LogP contribution in [0.1, 0.15) is 29.7 Å². The number of esters is 1. The summed E-state index contributed by atoms with van der Waals surface area (Å²) in [6.07, 6.45) is 1.73. The lowest BCUT2D eigenvalue weighted by molar-refractivity contribution is -0.139. The van der Waals surface area contributed by atoms with Crippen molar-refractivity contribution >= 4 is 35.0 Å². The van der Waals surface area contributed by atoms with Crippen molar-refractivity contribution in [3.63, 3.8) is 0 Å². The Hall–Kier alpha value is -5.40. The molecule has 1 atom stereocenters. The van der Waals surface area contributed by atoms with Crippen LogP contribution in [0.4, 0.5) is 0 Å². The molecule has 0 aliphatic carbocycles. The normalized spacial score (nSPS) is 16.0. The van der Waals surface area contributed by atoms with E-state index in [-0.39, 0.29) is 30.3 Å². The number of aromatic nitrogens is 1. The Morgan fingerprint density at radius 1 is 0.920 bits per heavy atom. The summed E-state index contributed by atoms with van der Waals surface area (Å²) < 4.78 is 35.3. The van der Waals surface area contributed by atoms with Crippen LogP contribution in [-0.4, -0.2) is 82.2 Å². The monoisotopic (exact) mass is 699 g/mol. The molecule has 12 nitrogen and oxygen atoms in total. The second-order valence-electron chi connectivity index (χ2n) is 11.2. The molecule has 0 unspecified atom stereocenters. The number of carbonyl (C=O) groups is 2. The van der Waals surface area contributed by atoms with Gasteiger partial charge in [-0.2, -0.15) is 0 Å². The van der Waals surface area contributed by atoms with Crippen molar-refractivity contribution in [3.8, 4) is 23.0 Å². The van der Waals surface area contributed by atoms with Gasteiger partial charge in [0.2, 0.25) is 0 Å². The van der Waals surface area contributed by atoms with Gasteiger partial charge in [-0.05, 0) is 48.4 Å². The van der Waals surface area contributed by atoms with Crippen molar-refractivity contribution in [1.29, 1.82) is 0 Å². The fourth-order valence-corrected chi connectivity index (χ4v) is 6.87. The van der Waals surface area contributed by atoms with Gasteiger partial charge in [-0.15, -0.1) is 0 Å². The van der Waals surface area contributed by atoms with E-state index in [1.54, 1.807) is 54.3 Å². The summed E-state index contributed by atoms with van der Waals surface area (Å²) in [5, 5.41) is 0. The minimum Gasteiger partial charge on any atom is -0.493 e. The highest BCUT2D eigenvalue weighted by atomic mass is 32.1. The lowest BCUT2D eigenvalue weighted by atomic mass is 9.93. The zero-order valence-electron chi connectivity index (χ0n) is 28.2.